The van der Waals surface area contributed by atoms with Crippen molar-refractivity contribution < 1.29 is 9.53 Å². The highest BCUT2D eigenvalue weighted by Crippen LogP contribution is 2.09. The van der Waals surface area contributed by atoms with Crippen molar-refractivity contribution in [2.24, 2.45) is 0 Å². The molecule has 0 aromatic rings. The second-order valence-electron chi connectivity index (χ2n) is 6.32. The Balaban J connectivity index is 3.09. The first kappa shape index (κ1) is 22.0. The molecule has 23 heavy (non-hydrogen) atoms. The van der Waals surface area contributed by atoms with Crippen LogP contribution in [0.3, 0.4) is 0 Å². The molecule has 0 atom stereocenters. The van der Waals surface area contributed by atoms with Gasteiger partial charge in [0.1, 0.15) is 0 Å². The molecule has 1 amide bonds. The minimum Gasteiger partial charge on any atom is -0.450 e. The molecule has 0 aromatic carbocycles. The fraction of sp³-hybridized carbons (Fsp3) is 0.850. The molecule has 136 valence electrons. The number of ether oxygens (including phenoxy) is 1. The summed E-state index contributed by atoms with van der Waals surface area (Å²) in [5.74, 6) is 0. The first-order valence-corrected chi connectivity index (χ1v) is 9.80. The van der Waals surface area contributed by atoms with Gasteiger partial charge in [0.2, 0.25) is 0 Å². The van der Waals surface area contributed by atoms with E-state index in [0.29, 0.717) is 6.61 Å². The topological polar surface area (TPSA) is 38.3 Å². The third-order valence-electron chi connectivity index (χ3n) is 4.09. The SMILES string of the molecule is CCCCCCCC/C=C/CCCCCCCCOC(=O)NC. The number of carbonyl (C=O) groups excluding carboxylic acids is 1. The Labute approximate surface area is 144 Å². The van der Waals surface area contributed by atoms with Crippen molar-refractivity contribution in [3.8, 4) is 0 Å². The normalized spacial score (nSPS) is 11.0. The molecule has 0 aliphatic carbocycles. The number of alkyl carbamates (subject to hydrolysis) is 1. The van der Waals surface area contributed by atoms with Crippen LogP contribution < -0.4 is 5.32 Å². The van der Waals surface area contributed by atoms with Crippen LogP contribution in [0.2, 0.25) is 0 Å². The number of amides is 1. The Hall–Kier alpha value is -0.990. The second kappa shape index (κ2) is 19.1. The molecule has 0 aliphatic heterocycles. The number of carbonyl (C=O) groups is 1. The molecular weight excluding hydrogens is 286 g/mol. The zero-order chi connectivity index (χ0) is 17.0. The summed E-state index contributed by atoms with van der Waals surface area (Å²) in [5.41, 5.74) is 0. The predicted octanol–water partition coefficient (Wildman–Crippen LogP) is 6.38. The molecule has 1 N–H and O–H groups in total. The predicted molar refractivity (Wildman–Crippen MR) is 99.9 cm³/mol. The maximum atomic E-state index is 10.8. The van der Waals surface area contributed by atoms with E-state index in [1.54, 1.807) is 7.05 Å². The fourth-order valence-electron chi connectivity index (χ4n) is 2.59. The summed E-state index contributed by atoms with van der Waals surface area (Å²) in [6, 6.07) is 0. The number of unbranched alkanes of at least 4 members (excludes halogenated alkanes) is 12. The summed E-state index contributed by atoms with van der Waals surface area (Å²) in [6.45, 7) is 2.81. The van der Waals surface area contributed by atoms with Gasteiger partial charge in [0.05, 0.1) is 6.61 Å². The van der Waals surface area contributed by atoms with Crippen LogP contribution in [0.1, 0.15) is 96.8 Å². The molecule has 0 aromatic heterocycles. The minimum atomic E-state index is -0.322. The molecule has 3 nitrogen and oxygen atoms in total. The lowest BCUT2D eigenvalue weighted by atomic mass is 10.1. The van der Waals surface area contributed by atoms with Gasteiger partial charge in [-0.15, -0.1) is 0 Å². The van der Waals surface area contributed by atoms with Gasteiger partial charge in [0.15, 0.2) is 0 Å². The van der Waals surface area contributed by atoms with Crippen molar-refractivity contribution >= 4 is 6.09 Å². The molecule has 0 radical (unpaired) electrons. The summed E-state index contributed by atoms with van der Waals surface area (Å²) in [6.07, 6.45) is 22.5. The molecule has 0 bridgehead atoms. The van der Waals surface area contributed by atoms with Gasteiger partial charge >= 0.3 is 6.09 Å². The van der Waals surface area contributed by atoms with Gasteiger partial charge in [0.25, 0.3) is 0 Å². The highest BCUT2D eigenvalue weighted by atomic mass is 16.5. The van der Waals surface area contributed by atoms with Crippen molar-refractivity contribution in [1.82, 2.24) is 5.32 Å². The molecule has 0 saturated heterocycles. The first-order valence-electron chi connectivity index (χ1n) is 9.80. The van der Waals surface area contributed by atoms with Crippen LogP contribution in [-0.4, -0.2) is 19.7 Å². The lowest BCUT2D eigenvalue weighted by Crippen LogP contribution is -2.19. The Kier molecular flexibility index (Phi) is 18.2. The van der Waals surface area contributed by atoms with Crippen molar-refractivity contribution in [3.63, 3.8) is 0 Å². The van der Waals surface area contributed by atoms with Crippen LogP contribution in [0.5, 0.6) is 0 Å². The van der Waals surface area contributed by atoms with E-state index in [0.717, 1.165) is 12.8 Å². The number of allylic oxidation sites excluding steroid dienone is 2. The van der Waals surface area contributed by atoms with Crippen LogP contribution in [0.15, 0.2) is 12.2 Å². The largest absolute Gasteiger partial charge is 0.450 e. The van der Waals surface area contributed by atoms with E-state index in [9.17, 15) is 4.79 Å². The van der Waals surface area contributed by atoms with E-state index in [-0.39, 0.29) is 6.09 Å². The summed E-state index contributed by atoms with van der Waals surface area (Å²) < 4.78 is 4.95. The standard InChI is InChI=1S/C20H39NO2/c1-3-4-5-6-7-8-9-10-11-12-13-14-15-16-17-18-19-23-20(22)21-2/h10-11H,3-9,12-19H2,1-2H3,(H,21,22)/b11-10+. The highest BCUT2D eigenvalue weighted by molar-refractivity contribution is 5.66. The van der Waals surface area contributed by atoms with E-state index >= 15 is 0 Å². The van der Waals surface area contributed by atoms with E-state index in [1.807, 2.05) is 0 Å². The highest BCUT2D eigenvalue weighted by Gasteiger charge is 1.96. The van der Waals surface area contributed by atoms with Crippen molar-refractivity contribution in [3.05, 3.63) is 12.2 Å². The van der Waals surface area contributed by atoms with E-state index < -0.39 is 0 Å². The quantitative estimate of drug-likeness (QED) is 0.264. The van der Waals surface area contributed by atoms with Gasteiger partial charge in [-0.2, -0.15) is 0 Å². The van der Waals surface area contributed by atoms with Crippen molar-refractivity contribution in [2.75, 3.05) is 13.7 Å². The molecule has 0 spiro atoms. The molecule has 0 unspecified atom stereocenters. The van der Waals surface area contributed by atoms with Crippen molar-refractivity contribution in [1.29, 1.82) is 0 Å². The monoisotopic (exact) mass is 325 g/mol. The number of hydrogen-bond acceptors (Lipinski definition) is 2. The average molecular weight is 326 g/mol. The van der Waals surface area contributed by atoms with Crippen LogP contribution in [0.25, 0.3) is 0 Å². The fourth-order valence-corrected chi connectivity index (χ4v) is 2.59. The zero-order valence-corrected chi connectivity index (χ0v) is 15.6. The van der Waals surface area contributed by atoms with E-state index in [4.69, 9.17) is 4.74 Å². The second-order valence-corrected chi connectivity index (χ2v) is 6.32. The minimum absolute atomic E-state index is 0.322. The zero-order valence-electron chi connectivity index (χ0n) is 15.6. The Morgan fingerprint density at radius 2 is 1.26 bits per heavy atom. The number of hydrogen-bond donors (Lipinski definition) is 1. The molecule has 3 heteroatoms. The summed E-state index contributed by atoms with van der Waals surface area (Å²) in [5, 5.41) is 2.45. The summed E-state index contributed by atoms with van der Waals surface area (Å²) >= 11 is 0. The van der Waals surface area contributed by atoms with Gasteiger partial charge < -0.3 is 10.1 Å². The molecule has 0 rings (SSSR count). The Bertz CT molecular complexity index is 277. The van der Waals surface area contributed by atoms with Gasteiger partial charge in [-0.1, -0.05) is 76.9 Å². The van der Waals surface area contributed by atoms with E-state index in [1.165, 1.54) is 77.0 Å². The molecule has 0 heterocycles. The van der Waals surface area contributed by atoms with Gasteiger partial charge in [-0.3, -0.25) is 0 Å². The Morgan fingerprint density at radius 3 is 1.78 bits per heavy atom. The molecular formula is C20H39NO2. The molecule has 0 aliphatic rings. The lowest BCUT2D eigenvalue weighted by molar-refractivity contribution is 0.146. The number of rotatable bonds is 16. The maximum Gasteiger partial charge on any atom is 0.406 e. The van der Waals surface area contributed by atoms with E-state index in [2.05, 4.69) is 24.4 Å². The van der Waals surface area contributed by atoms with Crippen LogP contribution >= 0.6 is 0 Å². The number of nitrogens with one attached hydrogen (secondary N) is 1. The van der Waals surface area contributed by atoms with Crippen LogP contribution in [-0.2, 0) is 4.74 Å². The van der Waals surface area contributed by atoms with Crippen LogP contribution in [0, 0.1) is 0 Å². The first-order chi connectivity index (χ1) is 11.3. The van der Waals surface area contributed by atoms with Gasteiger partial charge in [0, 0.05) is 7.05 Å². The summed E-state index contributed by atoms with van der Waals surface area (Å²) in [7, 11) is 1.59. The molecule has 0 saturated carbocycles. The maximum absolute atomic E-state index is 10.8. The van der Waals surface area contributed by atoms with Crippen LogP contribution in [0.4, 0.5) is 4.79 Å². The third-order valence-corrected chi connectivity index (χ3v) is 4.09. The smallest absolute Gasteiger partial charge is 0.406 e. The lowest BCUT2D eigenvalue weighted by Gasteiger charge is -2.03. The average Bonchev–Trinajstić information content (AvgIpc) is 2.57. The van der Waals surface area contributed by atoms with Crippen molar-refractivity contribution in [2.45, 2.75) is 96.8 Å². The van der Waals surface area contributed by atoms with Gasteiger partial charge in [-0.25, -0.2) is 4.79 Å². The van der Waals surface area contributed by atoms with Gasteiger partial charge in [-0.05, 0) is 32.1 Å². The third kappa shape index (κ3) is 19.0. The summed E-state index contributed by atoms with van der Waals surface area (Å²) in [4.78, 5) is 10.8. The molecule has 0 fully saturated rings. The Morgan fingerprint density at radius 1 is 0.783 bits per heavy atom.